The molecular weight excluding hydrogens is 544 g/mol. The van der Waals surface area contributed by atoms with Gasteiger partial charge in [0.1, 0.15) is 0 Å². The van der Waals surface area contributed by atoms with Crippen molar-refractivity contribution in [3.05, 3.63) is 189 Å². The van der Waals surface area contributed by atoms with E-state index in [0.29, 0.717) is 0 Å². The lowest BCUT2D eigenvalue weighted by Crippen LogP contribution is -2.27. The van der Waals surface area contributed by atoms with Crippen molar-refractivity contribution < 1.29 is 0 Å². The topological polar surface area (TPSA) is 24.7 Å². The lowest BCUT2D eigenvalue weighted by Gasteiger charge is -2.31. The minimum atomic E-state index is -0.468. The maximum Gasteiger partial charge on any atom is 0.0726 e. The van der Waals surface area contributed by atoms with Crippen LogP contribution in [0.25, 0.3) is 22.3 Å². The lowest BCUT2D eigenvalue weighted by atomic mass is 9.69. The normalized spacial score (nSPS) is 16.4. The van der Waals surface area contributed by atoms with Gasteiger partial charge in [0.2, 0.25) is 0 Å². The minimum Gasteiger partial charge on any atom is -0.287 e. The molecule has 6 aromatic carbocycles. The Labute approximate surface area is 265 Å². The van der Waals surface area contributed by atoms with Crippen LogP contribution in [0.1, 0.15) is 55.6 Å². The fourth-order valence-corrected chi connectivity index (χ4v) is 7.79. The molecule has 0 unspecified atom stereocenters. The van der Waals surface area contributed by atoms with Gasteiger partial charge in [-0.2, -0.15) is 0 Å². The Morgan fingerprint density at radius 2 is 0.756 bits per heavy atom. The van der Waals surface area contributed by atoms with Crippen LogP contribution in [0.5, 0.6) is 0 Å². The van der Waals surface area contributed by atoms with Crippen LogP contribution in [0.4, 0.5) is 0 Å². The number of benzene rings is 6. The third kappa shape index (κ3) is 3.95. The van der Waals surface area contributed by atoms with E-state index in [1.807, 2.05) is 14.1 Å². The summed E-state index contributed by atoms with van der Waals surface area (Å²) < 4.78 is 0. The van der Waals surface area contributed by atoms with Gasteiger partial charge in [0.05, 0.1) is 16.8 Å². The molecule has 2 nitrogen and oxygen atoms in total. The highest BCUT2D eigenvalue weighted by Gasteiger charge is 2.52. The second kappa shape index (κ2) is 10.4. The zero-order chi connectivity index (χ0) is 30.7. The summed E-state index contributed by atoms with van der Waals surface area (Å²) >= 11 is 0. The molecule has 0 atom stereocenters. The standard InChI is InChI=1S/C43H34N2/c1-27-15-19-33-35-21-17-31(41(44-3)29-11-7-5-8-12-29)25-39(35)43(37(33)23-27)38-24-28(2)16-20-34(38)36-22-18-32(26-40(36)43)42(45-4)30-13-9-6-10-14-30/h5-26H,1-4H3/b44-41+,45-42+. The quantitative estimate of drug-likeness (QED) is 0.186. The van der Waals surface area contributed by atoms with E-state index in [2.05, 4.69) is 147 Å². The van der Waals surface area contributed by atoms with Gasteiger partial charge in [-0.05, 0) is 70.5 Å². The van der Waals surface area contributed by atoms with E-state index < -0.39 is 5.41 Å². The molecule has 0 saturated heterocycles. The van der Waals surface area contributed by atoms with Gasteiger partial charge in [-0.1, -0.05) is 132 Å². The monoisotopic (exact) mass is 578 g/mol. The summed E-state index contributed by atoms with van der Waals surface area (Å²) in [6.07, 6.45) is 0. The van der Waals surface area contributed by atoms with Gasteiger partial charge >= 0.3 is 0 Å². The predicted octanol–water partition coefficient (Wildman–Crippen LogP) is 9.58. The zero-order valence-corrected chi connectivity index (χ0v) is 26.1. The molecule has 0 fully saturated rings. The van der Waals surface area contributed by atoms with Crippen LogP contribution in [0.2, 0.25) is 0 Å². The second-order valence-corrected chi connectivity index (χ2v) is 12.2. The van der Waals surface area contributed by atoms with Gasteiger partial charge in [-0.25, -0.2) is 0 Å². The predicted molar refractivity (Wildman–Crippen MR) is 188 cm³/mol. The Morgan fingerprint density at radius 1 is 0.400 bits per heavy atom. The molecule has 0 N–H and O–H groups in total. The van der Waals surface area contributed by atoms with Crippen LogP contribution in [0.3, 0.4) is 0 Å². The van der Waals surface area contributed by atoms with E-state index >= 15 is 0 Å². The fourth-order valence-electron chi connectivity index (χ4n) is 7.79. The highest BCUT2D eigenvalue weighted by atomic mass is 14.7. The number of aryl methyl sites for hydroxylation is 2. The first kappa shape index (κ1) is 27.2. The highest BCUT2D eigenvalue weighted by molar-refractivity contribution is 6.15. The van der Waals surface area contributed by atoms with Crippen LogP contribution < -0.4 is 0 Å². The van der Waals surface area contributed by atoms with Gasteiger partial charge in [0, 0.05) is 36.3 Å². The molecule has 2 heteroatoms. The molecule has 2 aliphatic rings. The molecule has 6 aromatic rings. The maximum atomic E-state index is 4.82. The number of fused-ring (bicyclic) bond motifs is 10. The van der Waals surface area contributed by atoms with Gasteiger partial charge < -0.3 is 0 Å². The fraction of sp³-hybridized carbons (Fsp3) is 0.116. The van der Waals surface area contributed by atoms with Gasteiger partial charge in [-0.3, -0.25) is 9.98 Å². The molecule has 216 valence electrons. The van der Waals surface area contributed by atoms with Crippen LogP contribution in [-0.2, 0) is 5.41 Å². The van der Waals surface area contributed by atoms with E-state index in [1.54, 1.807) is 0 Å². The zero-order valence-electron chi connectivity index (χ0n) is 26.1. The lowest BCUT2D eigenvalue weighted by molar-refractivity contribution is 0.791. The number of nitrogens with zero attached hydrogens (tertiary/aromatic N) is 2. The van der Waals surface area contributed by atoms with Crippen molar-refractivity contribution in [2.24, 2.45) is 9.98 Å². The number of hydrogen-bond donors (Lipinski definition) is 0. The largest absolute Gasteiger partial charge is 0.287 e. The smallest absolute Gasteiger partial charge is 0.0726 e. The van der Waals surface area contributed by atoms with Crippen LogP contribution in [-0.4, -0.2) is 25.5 Å². The first-order valence-corrected chi connectivity index (χ1v) is 15.6. The molecule has 45 heavy (non-hydrogen) atoms. The minimum absolute atomic E-state index is 0.468. The summed E-state index contributed by atoms with van der Waals surface area (Å²) in [5.74, 6) is 0. The SMILES string of the molecule is C/N=C(\c1ccccc1)c1ccc2c(c1)C1(c3cc(C)ccc3-2)c2cc(C)ccc2-c2ccc(/C(=N/C)c3ccccc3)cc21. The molecule has 1 spiro atoms. The number of aliphatic imine (C=N–C) groups is 2. The van der Waals surface area contributed by atoms with E-state index in [1.165, 1.54) is 55.6 Å². The van der Waals surface area contributed by atoms with Crippen molar-refractivity contribution in [2.45, 2.75) is 19.3 Å². The number of rotatable bonds is 4. The van der Waals surface area contributed by atoms with Crippen LogP contribution in [0, 0.1) is 13.8 Å². The summed E-state index contributed by atoms with van der Waals surface area (Å²) in [5, 5.41) is 0. The maximum absolute atomic E-state index is 4.82. The molecule has 0 amide bonds. The Morgan fingerprint density at radius 3 is 1.13 bits per heavy atom. The molecule has 0 radical (unpaired) electrons. The Kier molecular flexibility index (Phi) is 6.28. The second-order valence-electron chi connectivity index (χ2n) is 12.2. The van der Waals surface area contributed by atoms with Gasteiger partial charge in [0.25, 0.3) is 0 Å². The van der Waals surface area contributed by atoms with Crippen molar-refractivity contribution in [2.75, 3.05) is 14.1 Å². The van der Waals surface area contributed by atoms with Crippen molar-refractivity contribution in [3.63, 3.8) is 0 Å². The van der Waals surface area contributed by atoms with E-state index in [0.717, 1.165) is 33.7 Å². The summed E-state index contributed by atoms with van der Waals surface area (Å²) in [7, 11) is 3.79. The number of hydrogen-bond acceptors (Lipinski definition) is 2. The Balaban J connectivity index is 1.46. The van der Waals surface area contributed by atoms with Crippen molar-refractivity contribution in [3.8, 4) is 22.3 Å². The highest BCUT2D eigenvalue weighted by Crippen LogP contribution is 2.63. The molecule has 2 aliphatic carbocycles. The summed E-state index contributed by atoms with van der Waals surface area (Å²) in [5.41, 5.74) is 19.1. The average Bonchev–Trinajstić information content (AvgIpc) is 3.52. The van der Waals surface area contributed by atoms with Crippen molar-refractivity contribution >= 4 is 11.4 Å². The summed E-state index contributed by atoms with van der Waals surface area (Å²) in [6, 6.07) is 49.0. The van der Waals surface area contributed by atoms with E-state index in [4.69, 9.17) is 9.98 Å². The summed E-state index contributed by atoms with van der Waals surface area (Å²) in [4.78, 5) is 9.64. The van der Waals surface area contributed by atoms with Gasteiger partial charge in [-0.15, -0.1) is 0 Å². The third-order valence-electron chi connectivity index (χ3n) is 9.67. The van der Waals surface area contributed by atoms with E-state index in [9.17, 15) is 0 Å². The Hall–Kier alpha value is -5.34. The van der Waals surface area contributed by atoms with Crippen LogP contribution in [0.15, 0.2) is 143 Å². The first-order chi connectivity index (χ1) is 22.0. The Bertz CT molecular complexity index is 2030. The van der Waals surface area contributed by atoms with E-state index in [-0.39, 0.29) is 0 Å². The van der Waals surface area contributed by atoms with Gasteiger partial charge in [0.15, 0.2) is 0 Å². The van der Waals surface area contributed by atoms with Crippen molar-refractivity contribution in [1.29, 1.82) is 0 Å². The summed E-state index contributed by atoms with van der Waals surface area (Å²) in [6.45, 7) is 4.42. The third-order valence-corrected chi connectivity index (χ3v) is 9.67. The molecule has 0 saturated carbocycles. The molecule has 0 aliphatic heterocycles. The molecule has 8 rings (SSSR count). The average molecular weight is 579 g/mol. The molecular formula is C43H34N2. The molecule has 0 bridgehead atoms. The van der Waals surface area contributed by atoms with Crippen molar-refractivity contribution in [1.82, 2.24) is 0 Å². The first-order valence-electron chi connectivity index (χ1n) is 15.6. The molecule has 0 aromatic heterocycles. The molecule has 0 heterocycles. The van der Waals surface area contributed by atoms with Crippen LogP contribution >= 0.6 is 0 Å².